The Morgan fingerprint density at radius 1 is 1.10 bits per heavy atom. The summed E-state index contributed by atoms with van der Waals surface area (Å²) in [5.74, 6) is 1.24. The average molecular weight is 390 g/mol. The van der Waals surface area contributed by atoms with Crippen LogP contribution in [0.4, 0.5) is 11.6 Å². The van der Waals surface area contributed by atoms with Crippen LogP contribution >= 0.6 is 0 Å². The molecule has 1 aromatic heterocycles. The van der Waals surface area contributed by atoms with E-state index in [9.17, 15) is 4.79 Å². The Labute approximate surface area is 171 Å². The number of aryl methyl sites for hydroxylation is 1. The quantitative estimate of drug-likeness (QED) is 0.627. The fraction of sp³-hybridized carbons (Fsp3) is 0.261. The van der Waals surface area contributed by atoms with Gasteiger partial charge in [0.15, 0.2) is 0 Å². The van der Waals surface area contributed by atoms with Crippen molar-refractivity contribution in [3.8, 4) is 5.75 Å². The summed E-state index contributed by atoms with van der Waals surface area (Å²) in [7, 11) is 1.66. The van der Waals surface area contributed by atoms with Gasteiger partial charge in [-0.2, -0.15) is 0 Å². The summed E-state index contributed by atoms with van der Waals surface area (Å²) in [6.07, 6.45) is 3.96. The summed E-state index contributed by atoms with van der Waals surface area (Å²) < 4.78 is 5.24. The molecule has 3 rings (SSSR count). The number of methoxy groups -OCH3 is 1. The first-order valence-electron chi connectivity index (χ1n) is 9.68. The Hall–Kier alpha value is -3.41. The lowest BCUT2D eigenvalue weighted by Gasteiger charge is -2.21. The van der Waals surface area contributed by atoms with E-state index in [4.69, 9.17) is 4.74 Å². The molecule has 0 unspecified atom stereocenters. The van der Waals surface area contributed by atoms with Gasteiger partial charge in [-0.05, 0) is 55.7 Å². The monoisotopic (exact) mass is 390 g/mol. The third-order valence-corrected chi connectivity index (χ3v) is 4.60. The van der Waals surface area contributed by atoms with Crippen LogP contribution in [0.5, 0.6) is 5.75 Å². The van der Waals surface area contributed by atoms with E-state index in [0.29, 0.717) is 24.6 Å². The molecule has 3 aromatic rings. The van der Waals surface area contributed by atoms with Gasteiger partial charge in [0.05, 0.1) is 12.7 Å². The normalized spacial score (nSPS) is 10.4. The Balaban J connectivity index is 1.60. The van der Waals surface area contributed by atoms with Crippen LogP contribution in [-0.2, 0) is 6.42 Å². The highest BCUT2D eigenvalue weighted by molar-refractivity contribution is 6.05. The number of aromatic nitrogens is 2. The van der Waals surface area contributed by atoms with Gasteiger partial charge in [-0.1, -0.05) is 24.3 Å². The zero-order valence-electron chi connectivity index (χ0n) is 17.1. The van der Waals surface area contributed by atoms with E-state index >= 15 is 0 Å². The second-order valence-electron chi connectivity index (χ2n) is 6.71. The summed E-state index contributed by atoms with van der Waals surface area (Å²) in [5, 5.41) is 3.19. The number of rotatable bonds is 8. The van der Waals surface area contributed by atoms with Crippen LogP contribution in [0.3, 0.4) is 0 Å². The minimum absolute atomic E-state index is 0.110. The lowest BCUT2D eigenvalue weighted by molar-refractivity contribution is 0.0987. The zero-order chi connectivity index (χ0) is 20.6. The minimum atomic E-state index is -0.110. The molecule has 0 aliphatic heterocycles. The van der Waals surface area contributed by atoms with Gasteiger partial charge >= 0.3 is 0 Å². The number of anilines is 2. The van der Waals surface area contributed by atoms with Crippen molar-refractivity contribution in [1.29, 1.82) is 0 Å². The molecule has 0 saturated carbocycles. The largest absolute Gasteiger partial charge is 0.497 e. The number of nitrogens with zero attached hydrogens (tertiary/aromatic N) is 3. The Morgan fingerprint density at radius 3 is 2.55 bits per heavy atom. The molecule has 0 bridgehead atoms. The van der Waals surface area contributed by atoms with Crippen molar-refractivity contribution in [2.75, 3.05) is 30.4 Å². The second-order valence-corrected chi connectivity index (χ2v) is 6.71. The topological polar surface area (TPSA) is 67.4 Å². The molecule has 0 spiro atoms. The summed E-state index contributed by atoms with van der Waals surface area (Å²) in [4.78, 5) is 23.2. The number of hydrogen-bond acceptors (Lipinski definition) is 5. The van der Waals surface area contributed by atoms with Gasteiger partial charge in [0.25, 0.3) is 5.91 Å². The van der Waals surface area contributed by atoms with Crippen molar-refractivity contribution in [3.05, 3.63) is 77.6 Å². The van der Waals surface area contributed by atoms with Crippen molar-refractivity contribution in [3.63, 3.8) is 0 Å². The van der Waals surface area contributed by atoms with Gasteiger partial charge in [0, 0.05) is 31.2 Å². The molecule has 6 heteroatoms. The standard InChI is InChI=1S/C23H26N4O2/c1-4-27(20-9-5-7-17(2)13-20)22(28)19-15-25-23(26-16-19)24-12-11-18-8-6-10-21(14-18)29-3/h5-10,13-16H,4,11-12H2,1-3H3,(H,24,25,26). The first-order valence-corrected chi connectivity index (χ1v) is 9.68. The Kier molecular flexibility index (Phi) is 6.79. The lowest BCUT2D eigenvalue weighted by atomic mass is 10.1. The Bertz CT molecular complexity index is 957. The van der Waals surface area contributed by atoms with Crippen LogP contribution in [-0.4, -0.2) is 36.1 Å². The average Bonchev–Trinajstić information content (AvgIpc) is 2.75. The number of carbonyl (C=O) groups excluding carboxylic acids is 1. The molecule has 0 aliphatic rings. The molecule has 0 saturated heterocycles. The van der Waals surface area contributed by atoms with Crippen LogP contribution < -0.4 is 15.0 Å². The van der Waals surface area contributed by atoms with Crippen molar-refractivity contribution >= 4 is 17.5 Å². The first kappa shape index (κ1) is 20.3. The second kappa shape index (κ2) is 9.68. The smallest absolute Gasteiger partial charge is 0.261 e. The highest BCUT2D eigenvalue weighted by Gasteiger charge is 2.17. The zero-order valence-corrected chi connectivity index (χ0v) is 17.1. The van der Waals surface area contributed by atoms with E-state index in [2.05, 4.69) is 21.4 Å². The van der Waals surface area contributed by atoms with Crippen LogP contribution in [0.2, 0.25) is 0 Å². The maximum Gasteiger partial charge on any atom is 0.261 e. The van der Waals surface area contributed by atoms with E-state index in [-0.39, 0.29) is 5.91 Å². The molecular weight excluding hydrogens is 364 g/mol. The summed E-state index contributed by atoms with van der Waals surface area (Å²) in [5.41, 5.74) is 3.62. The maximum atomic E-state index is 12.9. The third kappa shape index (κ3) is 5.31. The molecule has 29 heavy (non-hydrogen) atoms. The summed E-state index contributed by atoms with van der Waals surface area (Å²) in [6.45, 7) is 5.22. The Morgan fingerprint density at radius 2 is 1.86 bits per heavy atom. The SMILES string of the molecule is CCN(C(=O)c1cnc(NCCc2cccc(OC)c2)nc1)c1cccc(C)c1. The minimum Gasteiger partial charge on any atom is -0.497 e. The van der Waals surface area contributed by atoms with Crippen molar-refractivity contribution in [1.82, 2.24) is 9.97 Å². The molecule has 0 radical (unpaired) electrons. The van der Waals surface area contributed by atoms with E-state index in [1.807, 2.05) is 56.3 Å². The molecule has 0 atom stereocenters. The fourth-order valence-electron chi connectivity index (χ4n) is 3.07. The number of nitrogens with one attached hydrogen (secondary N) is 1. The molecule has 1 amide bonds. The third-order valence-electron chi connectivity index (χ3n) is 4.60. The molecule has 6 nitrogen and oxygen atoms in total. The van der Waals surface area contributed by atoms with Gasteiger partial charge in [-0.3, -0.25) is 4.79 Å². The molecular formula is C23H26N4O2. The highest BCUT2D eigenvalue weighted by Crippen LogP contribution is 2.18. The number of benzene rings is 2. The molecule has 2 aromatic carbocycles. The van der Waals surface area contributed by atoms with Gasteiger partial charge in [0.1, 0.15) is 5.75 Å². The lowest BCUT2D eigenvalue weighted by Crippen LogP contribution is -2.30. The van der Waals surface area contributed by atoms with Crippen molar-refractivity contribution in [2.45, 2.75) is 20.3 Å². The van der Waals surface area contributed by atoms with Crippen LogP contribution in [0.25, 0.3) is 0 Å². The van der Waals surface area contributed by atoms with Crippen molar-refractivity contribution < 1.29 is 9.53 Å². The summed E-state index contributed by atoms with van der Waals surface area (Å²) >= 11 is 0. The van der Waals surface area contributed by atoms with Gasteiger partial charge < -0.3 is 15.0 Å². The van der Waals surface area contributed by atoms with Gasteiger partial charge in [-0.25, -0.2) is 9.97 Å². The van der Waals surface area contributed by atoms with Crippen LogP contribution in [0, 0.1) is 6.92 Å². The van der Waals surface area contributed by atoms with E-state index in [0.717, 1.165) is 23.4 Å². The van der Waals surface area contributed by atoms with E-state index in [1.54, 1.807) is 24.4 Å². The molecule has 0 aliphatic carbocycles. The van der Waals surface area contributed by atoms with E-state index < -0.39 is 0 Å². The number of amides is 1. The first-order chi connectivity index (χ1) is 14.1. The summed E-state index contributed by atoms with van der Waals surface area (Å²) in [6, 6.07) is 15.8. The van der Waals surface area contributed by atoms with E-state index in [1.165, 1.54) is 5.56 Å². The predicted molar refractivity (Wildman–Crippen MR) is 116 cm³/mol. The molecule has 150 valence electrons. The van der Waals surface area contributed by atoms with Crippen molar-refractivity contribution in [2.24, 2.45) is 0 Å². The molecule has 1 heterocycles. The predicted octanol–water partition coefficient (Wildman–Crippen LogP) is 4.11. The number of hydrogen-bond donors (Lipinski definition) is 1. The molecule has 1 N–H and O–H groups in total. The number of carbonyl (C=O) groups is 1. The molecule has 0 fully saturated rings. The maximum absolute atomic E-state index is 12.9. The fourth-order valence-corrected chi connectivity index (χ4v) is 3.07. The van der Waals surface area contributed by atoms with Gasteiger partial charge in [0.2, 0.25) is 5.95 Å². The van der Waals surface area contributed by atoms with Crippen LogP contribution in [0.1, 0.15) is 28.4 Å². The number of ether oxygens (including phenoxy) is 1. The van der Waals surface area contributed by atoms with Crippen LogP contribution in [0.15, 0.2) is 60.9 Å². The van der Waals surface area contributed by atoms with Gasteiger partial charge in [-0.15, -0.1) is 0 Å². The highest BCUT2D eigenvalue weighted by atomic mass is 16.5.